The summed E-state index contributed by atoms with van der Waals surface area (Å²) in [4.78, 5) is 30.0. The summed E-state index contributed by atoms with van der Waals surface area (Å²) in [7, 11) is 0. The van der Waals surface area contributed by atoms with Crippen LogP contribution < -0.4 is 10.9 Å². The van der Waals surface area contributed by atoms with Crippen LogP contribution in [0.15, 0.2) is 64.5 Å². The first kappa shape index (κ1) is 20.0. The van der Waals surface area contributed by atoms with Gasteiger partial charge in [-0.05, 0) is 42.5 Å². The lowest BCUT2D eigenvalue weighted by atomic mass is 10.0. The number of hydrogen-bond donors (Lipinski definition) is 1. The molecule has 5 nitrogen and oxygen atoms in total. The molecule has 1 aliphatic heterocycles. The van der Waals surface area contributed by atoms with Crippen LogP contribution in [0.25, 0.3) is 0 Å². The summed E-state index contributed by atoms with van der Waals surface area (Å²) in [6.07, 6.45) is 3.00. The second-order valence-corrected chi connectivity index (χ2v) is 8.93. The van der Waals surface area contributed by atoms with Gasteiger partial charge in [0.05, 0.1) is 6.04 Å². The Morgan fingerprint density at radius 1 is 1.06 bits per heavy atom. The van der Waals surface area contributed by atoms with Gasteiger partial charge < -0.3 is 9.88 Å². The van der Waals surface area contributed by atoms with Crippen molar-refractivity contribution in [2.45, 2.75) is 48.7 Å². The van der Waals surface area contributed by atoms with Gasteiger partial charge in [0.15, 0.2) is 5.16 Å². The molecule has 3 aromatic rings. The molecule has 2 unspecified atom stereocenters. The van der Waals surface area contributed by atoms with E-state index >= 15 is 0 Å². The van der Waals surface area contributed by atoms with E-state index in [0.29, 0.717) is 23.8 Å². The number of amides is 1. The molecule has 0 radical (unpaired) electrons. The molecule has 0 bridgehead atoms. The third-order valence-corrected chi connectivity index (χ3v) is 7.04. The number of benzene rings is 2. The van der Waals surface area contributed by atoms with Gasteiger partial charge in [-0.1, -0.05) is 54.2 Å². The molecule has 158 valence electrons. The molecule has 0 spiro atoms. The van der Waals surface area contributed by atoms with E-state index in [2.05, 4.69) is 10.3 Å². The minimum Gasteiger partial charge on any atom is -0.347 e. The van der Waals surface area contributed by atoms with Crippen LogP contribution in [-0.2, 0) is 23.4 Å². The second kappa shape index (κ2) is 8.30. The first-order chi connectivity index (χ1) is 15.1. The number of fused-ring (bicyclic) bond motifs is 1. The third kappa shape index (κ3) is 3.90. The van der Waals surface area contributed by atoms with E-state index in [4.69, 9.17) is 0 Å². The highest BCUT2D eigenvalue weighted by Crippen LogP contribution is 2.37. The highest BCUT2D eigenvalue weighted by molar-refractivity contribution is 7.98. The predicted molar refractivity (Wildman–Crippen MR) is 117 cm³/mol. The van der Waals surface area contributed by atoms with Crippen molar-refractivity contribution in [1.82, 2.24) is 14.9 Å². The van der Waals surface area contributed by atoms with Crippen LogP contribution >= 0.6 is 11.8 Å². The Hall–Kier alpha value is -2.93. The van der Waals surface area contributed by atoms with Gasteiger partial charge in [-0.25, -0.2) is 4.39 Å². The first-order valence-corrected chi connectivity index (χ1v) is 11.5. The fourth-order valence-corrected chi connectivity index (χ4v) is 5.50. The standard InChI is InChI=1S/C24H22FN3O2S/c25-17-11-9-15(10-12-17)14-31-24-27-22(29)18-7-4-8-20(18)28(24)21-13-19(26-23(21)30)16-5-2-1-3-6-16/h1-3,5-6,9-12,19,21H,4,7-8,13-14H2,(H,26,30). The molecule has 1 fully saturated rings. The van der Waals surface area contributed by atoms with E-state index in [1.54, 1.807) is 12.1 Å². The summed E-state index contributed by atoms with van der Waals surface area (Å²) in [6.45, 7) is 0. The van der Waals surface area contributed by atoms with E-state index < -0.39 is 6.04 Å². The summed E-state index contributed by atoms with van der Waals surface area (Å²) < 4.78 is 15.2. The number of carbonyl (C=O) groups excluding carboxylic acids is 1. The van der Waals surface area contributed by atoms with Crippen molar-refractivity contribution in [2.24, 2.45) is 0 Å². The highest BCUT2D eigenvalue weighted by atomic mass is 32.2. The molecular weight excluding hydrogens is 413 g/mol. The number of aromatic nitrogens is 2. The van der Waals surface area contributed by atoms with E-state index in [0.717, 1.165) is 35.2 Å². The molecule has 5 rings (SSSR count). The van der Waals surface area contributed by atoms with E-state index in [-0.39, 0.29) is 23.3 Å². The topological polar surface area (TPSA) is 64.0 Å². The van der Waals surface area contributed by atoms with Crippen molar-refractivity contribution >= 4 is 17.7 Å². The van der Waals surface area contributed by atoms with Crippen molar-refractivity contribution in [1.29, 1.82) is 0 Å². The quantitative estimate of drug-likeness (QED) is 0.487. The van der Waals surface area contributed by atoms with Gasteiger partial charge in [0, 0.05) is 23.4 Å². The summed E-state index contributed by atoms with van der Waals surface area (Å²) in [5.74, 6) is 0.218. The van der Waals surface area contributed by atoms with Crippen molar-refractivity contribution < 1.29 is 9.18 Å². The average molecular weight is 436 g/mol. The van der Waals surface area contributed by atoms with E-state index in [9.17, 15) is 14.0 Å². The first-order valence-electron chi connectivity index (χ1n) is 10.5. The Balaban J connectivity index is 1.49. The maximum absolute atomic E-state index is 13.2. The Bertz CT molecular complexity index is 1180. The summed E-state index contributed by atoms with van der Waals surface area (Å²) in [5.41, 5.74) is 3.50. The summed E-state index contributed by atoms with van der Waals surface area (Å²) in [6, 6.07) is 15.8. The van der Waals surface area contributed by atoms with Gasteiger partial charge in [-0.2, -0.15) is 4.98 Å². The molecule has 1 N–H and O–H groups in total. The highest BCUT2D eigenvalue weighted by Gasteiger charge is 2.37. The molecule has 2 heterocycles. The molecule has 1 aromatic heterocycles. The van der Waals surface area contributed by atoms with E-state index in [1.165, 1.54) is 23.9 Å². The average Bonchev–Trinajstić information content (AvgIpc) is 3.42. The summed E-state index contributed by atoms with van der Waals surface area (Å²) in [5, 5.41) is 3.67. The lowest BCUT2D eigenvalue weighted by molar-refractivity contribution is -0.122. The van der Waals surface area contributed by atoms with Crippen LogP contribution in [0.5, 0.6) is 0 Å². The van der Waals surface area contributed by atoms with Crippen molar-refractivity contribution in [3.63, 3.8) is 0 Å². The van der Waals surface area contributed by atoms with Gasteiger partial charge in [-0.15, -0.1) is 0 Å². The molecule has 31 heavy (non-hydrogen) atoms. The lowest BCUT2D eigenvalue weighted by Crippen LogP contribution is -2.29. The SMILES string of the molecule is O=C1NC(c2ccccc2)CC1n1c(SCc2ccc(F)cc2)nc(=O)c2c1CCC2. The molecule has 1 saturated heterocycles. The Labute approximate surface area is 183 Å². The zero-order chi connectivity index (χ0) is 21.4. The van der Waals surface area contributed by atoms with Crippen molar-refractivity contribution in [3.05, 3.63) is 93.2 Å². The normalized spacial score (nSPS) is 20.0. The fraction of sp³-hybridized carbons (Fsp3) is 0.292. The smallest absolute Gasteiger partial charge is 0.277 e. The number of nitrogens with zero attached hydrogens (tertiary/aromatic N) is 2. The van der Waals surface area contributed by atoms with Crippen LogP contribution in [0.2, 0.25) is 0 Å². The van der Waals surface area contributed by atoms with Crippen LogP contribution in [-0.4, -0.2) is 15.5 Å². The van der Waals surface area contributed by atoms with Crippen LogP contribution in [0.4, 0.5) is 4.39 Å². The molecule has 7 heteroatoms. The summed E-state index contributed by atoms with van der Waals surface area (Å²) >= 11 is 1.42. The molecule has 1 amide bonds. The van der Waals surface area contributed by atoms with Gasteiger partial charge >= 0.3 is 0 Å². The Kier molecular flexibility index (Phi) is 5.36. The van der Waals surface area contributed by atoms with Crippen molar-refractivity contribution in [2.75, 3.05) is 0 Å². The molecule has 1 aliphatic carbocycles. The number of halogens is 1. The molecule has 2 aromatic carbocycles. The number of thioether (sulfide) groups is 1. The fourth-order valence-electron chi connectivity index (χ4n) is 4.48. The number of hydrogen-bond acceptors (Lipinski definition) is 4. The largest absolute Gasteiger partial charge is 0.347 e. The second-order valence-electron chi connectivity index (χ2n) is 7.99. The molecule has 2 atom stereocenters. The zero-order valence-electron chi connectivity index (χ0n) is 16.9. The van der Waals surface area contributed by atoms with Gasteiger partial charge in [0.25, 0.3) is 5.56 Å². The Morgan fingerprint density at radius 2 is 1.84 bits per heavy atom. The lowest BCUT2D eigenvalue weighted by Gasteiger charge is -2.21. The minimum atomic E-state index is -0.402. The predicted octanol–water partition coefficient (Wildman–Crippen LogP) is 3.97. The maximum Gasteiger partial charge on any atom is 0.277 e. The minimum absolute atomic E-state index is 0.0444. The number of carbonyl (C=O) groups is 1. The van der Waals surface area contributed by atoms with Gasteiger partial charge in [0.1, 0.15) is 11.9 Å². The zero-order valence-corrected chi connectivity index (χ0v) is 17.7. The number of nitrogens with one attached hydrogen (secondary N) is 1. The monoisotopic (exact) mass is 435 g/mol. The van der Waals surface area contributed by atoms with Gasteiger partial charge in [0.2, 0.25) is 5.91 Å². The van der Waals surface area contributed by atoms with Gasteiger partial charge in [-0.3, -0.25) is 9.59 Å². The van der Waals surface area contributed by atoms with Crippen LogP contribution in [0.1, 0.15) is 47.3 Å². The molecular formula is C24H22FN3O2S. The number of rotatable bonds is 5. The molecule has 0 saturated carbocycles. The maximum atomic E-state index is 13.2. The van der Waals surface area contributed by atoms with Crippen LogP contribution in [0, 0.1) is 5.82 Å². The third-order valence-electron chi connectivity index (χ3n) is 6.01. The van der Waals surface area contributed by atoms with Crippen molar-refractivity contribution in [3.8, 4) is 0 Å². The van der Waals surface area contributed by atoms with E-state index in [1.807, 2.05) is 34.9 Å². The Morgan fingerprint density at radius 3 is 2.61 bits per heavy atom. The molecule has 2 aliphatic rings. The van der Waals surface area contributed by atoms with Crippen LogP contribution in [0.3, 0.4) is 0 Å².